The second kappa shape index (κ2) is 17.9. The van der Waals surface area contributed by atoms with Crippen molar-refractivity contribution < 1.29 is 32.4 Å². The van der Waals surface area contributed by atoms with Gasteiger partial charge in [-0.1, -0.05) is 44.5 Å². The van der Waals surface area contributed by atoms with Crippen LogP contribution < -0.4 is 19.7 Å². The molecule has 2 aromatic carbocycles. The summed E-state index contributed by atoms with van der Waals surface area (Å²) >= 11 is 0. The van der Waals surface area contributed by atoms with Crippen molar-refractivity contribution >= 4 is 44.2 Å². The van der Waals surface area contributed by atoms with Crippen molar-refractivity contribution in [3.63, 3.8) is 0 Å². The van der Waals surface area contributed by atoms with Gasteiger partial charge in [-0.25, -0.2) is 27.5 Å². The van der Waals surface area contributed by atoms with E-state index in [2.05, 4.69) is 72.9 Å². The first kappa shape index (κ1) is 45.5. The molecule has 2 saturated carbocycles. The van der Waals surface area contributed by atoms with Crippen molar-refractivity contribution in [2.75, 3.05) is 42.9 Å². The first-order chi connectivity index (χ1) is 31.5. The lowest BCUT2D eigenvalue weighted by Gasteiger charge is -2.57. The van der Waals surface area contributed by atoms with Crippen LogP contribution in [0.5, 0.6) is 11.5 Å². The minimum atomic E-state index is -4.69. The highest BCUT2D eigenvalue weighted by Gasteiger charge is 2.49. The molecule has 3 aromatic heterocycles. The van der Waals surface area contributed by atoms with Gasteiger partial charge in [-0.05, 0) is 118 Å². The van der Waals surface area contributed by atoms with Crippen LogP contribution in [-0.4, -0.2) is 88.6 Å². The van der Waals surface area contributed by atoms with E-state index in [4.69, 9.17) is 4.74 Å². The Bertz CT molecular complexity index is 2750. The monoisotopic (exact) mass is 922 g/mol. The zero-order chi connectivity index (χ0) is 46.5. The summed E-state index contributed by atoms with van der Waals surface area (Å²) in [6, 6.07) is 16.8. The molecule has 350 valence electrons. The third-order valence-corrected chi connectivity index (χ3v) is 16.0. The van der Waals surface area contributed by atoms with Gasteiger partial charge in [0.1, 0.15) is 27.9 Å². The molecule has 5 heterocycles. The highest BCUT2D eigenvalue weighted by atomic mass is 32.2. The smallest absolute Gasteiger partial charge is 0.312 e. The first-order valence-electron chi connectivity index (χ1n) is 23.2. The van der Waals surface area contributed by atoms with Crippen LogP contribution in [0.25, 0.3) is 11.0 Å². The van der Waals surface area contributed by atoms with E-state index in [1.165, 1.54) is 48.7 Å². The number of aliphatic hydroxyl groups is 1. The molecule has 15 nitrogen and oxygen atoms in total. The third-order valence-electron chi connectivity index (χ3n) is 14.7. The summed E-state index contributed by atoms with van der Waals surface area (Å²) in [6.45, 7) is 12.1. The highest BCUT2D eigenvalue weighted by molar-refractivity contribution is 7.90. The van der Waals surface area contributed by atoms with Crippen molar-refractivity contribution in [3.8, 4) is 11.5 Å². The number of pyridine rings is 2. The number of fused-ring (bicyclic) bond motifs is 1. The fraction of sp³-hybridized carbons (Fsp3) is 0.490. The number of hydrogen-bond donors (Lipinski definition) is 4. The lowest BCUT2D eigenvalue weighted by Crippen LogP contribution is -2.63. The zero-order valence-electron chi connectivity index (χ0n) is 38.0. The predicted molar refractivity (Wildman–Crippen MR) is 250 cm³/mol. The maximum Gasteiger partial charge on any atom is 0.312 e. The standard InChI is InChI=1S/C49H59FN8O7S/c1-30(2)35-8-5-6-9-36(35)37-10-7-11-41(37)57-28-49(29-57)18-20-56(21-19-49)33-12-13-38(44(22-33)65-43-24-39-40(50)27-53-45(39)54-31(43)3)47(59)55-66(63,64)34-23-42(58(61)62)46(52-26-34)51-25-32-14-16-48(4,60)17-15-32/h5-6,8-9,12-13,22-24,26-27,30,32,37,41,60H,7,10-11,14-21,25,28-29H2,1-4H3,(H,51,52)(H,53,54)(H,55,59)/t32-,37-,41-,48-/m0/s1. The Balaban J connectivity index is 0.917. The summed E-state index contributed by atoms with van der Waals surface area (Å²) in [6.07, 6.45) is 10.5. The lowest BCUT2D eigenvalue weighted by atomic mass is 9.70. The highest BCUT2D eigenvalue weighted by Crippen LogP contribution is 2.49. The SMILES string of the molecule is Cc1nc2[nH]cc(F)c2cc1Oc1cc(N2CCC3(CC2)CN([C@H]2CCC[C@H]2c2ccccc2C(C)C)C3)ccc1C(=O)NS(=O)(=O)c1cnc(NC[C@H]2CC[C@](C)(O)CC2)c([N+](=O)[O-])c1. The quantitative estimate of drug-likeness (QED) is 0.0648. The van der Waals surface area contributed by atoms with E-state index in [1.54, 1.807) is 26.0 Å². The van der Waals surface area contributed by atoms with Gasteiger partial charge in [0.05, 0.1) is 33.4 Å². The minimum absolute atomic E-state index is 0.0253. The number of rotatable bonds is 13. The molecule has 0 unspecified atom stereocenters. The van der Waals surface area contributed by atoms with Gasteiger partial charge in [0.25, 0.3) is 15.9 Å². The lowest BCUT2D eigenvalue weighted by molar-refractivity contribution is -0.384. The number of nitrogens with one attached hydrogen (secondary N) is 3. The number of nitro groups is 1. The topological polar surface area (TPSA) is 196 Å². The van der Waals surface area contributed by atoms with Gasteiger partial charge in [0.15, 0.2) is 0 Å². The molecular weight excluding hydrogens is 864 g/mol. The number of piperidine rings is 1. The number of aromatic amines is 1. The Kier molecular flexibility index (Phi) is 12.3. The van der Waals surface area contributed by atoms with Gasteiger partial charge in [0, 0.05) is 62.8 Å². The van der Waals surface area contributed by atoms with Gasteiger partial charge in [0.2, 0.25) is 5.82 Å². The summed E-state index contributed by atoms with van der Waals surface area (Å²) < 4.78 is 50.7. The number of hydrogen-bond acceptors (Lipinski definition) is 12. The van der Waals surface area contributed by atoms with Gasteiger partial charge < -0.3 is 25.0 Å². The van der Waals surface area contributed by atoms with E-state index < -0.39 is 42.9 Å². The van der Waals surface area contributed by atoms with Crippen molar-refractivity contribution in [2.45, 2.75) is 114 Å². The predicted octanol–water partition coefficient (Wildman–Crippen LogP) is 8.94. The van der Waals surface area contributed by atoms with Crippen LogP contribution >= 0.6 is 0 Å². The maximum atomic E-state index is 14.7. The van der Waals surface area contributed by atoms with Crippen molar-refractivity contribution in [1.82, 2.24) is 24.6 Å². The average Bonchev–Trinajstić information content (AvgIpc) is 3.91. The van der Waals surface area contributed by atoms with Crippen molar-refractivity contribution in [1.29, 1.82) is 0 Å². The Morgan fingerprint density at radius 3 is 2.52 bits per heavy atom. The molecule has 4 N–H and O–H groups in total. The number of ether oxygens (including phenoxy) is 1. The van der Waals surface area contributed by atoms with E-state index in [9.17, 15) is 32.8 Å². The van der Waals surface area contributed by atoms with E-state index in [1.807, 2.05) is 0 Å². The molecule has 17 heteroatoms. The Hall–Kier alpha value is -5.65. The Morgan fingerprint density at radius 2 is 1.79 bits per heavy atom. The van der Waals surface area contributed by atoms with Crippen LogP contribution in [0.15, 0.2) is 71.9 Å². The number of aryl methyl sites for hydroxylation is 1. The number of sulfonamides is 1. The molecule has 2 aliphatic carbocycles. The minimum Gasteiger partial charge on any atom is -0.455 e. The fourth-order valence-corrected chi connectivity index (χ4v) is 11.8. The van der Waals surface area contributed by atoms with Gasteiger partial charge >= 0.3 is 5.69 Å². The summed E-state index contributed by atoms with van der Waals surface area (Å²) in [5.74, 6) is -0.296. The third kappa shape index (κ3) is 9.21. The van der Waals surface area contributed by atoms with E-state index >= 15 is 0 Å². The number of amides is 1. The number of H-pyrrole nitrogens is 1. The fourth-order valence-electron chi connectivity index (χ4n) is 10.8. The number of carbonyl (C=O) groups is 1. The van der Waals surface area contributed by atoms with Crippen LogP contribution in [0.4, 0.5) is 21.6 Å². The number of anilines is 2. The molecule has 9 rings (SSSR count). The average molecular weight is 923 g/mol. The Morgan fingerprint density at radius 1 is 1.05 bits per heavy atom. The van der Waals surface area contributed by atoms with Crippen LogP contribution in [-0.2, 0) is 10.0 Å². The van der Waals surface area contributed by atoms with Gasteiger partial charge in [-0.3, -0.25) is 19.8 Å². The number of carbonyl (C=O) groups excluding carboxylic acids is 1. The second-order valence-corrected chi connectivity index (χ2v) is 21.4. The number of likely N-dealkylation sites (tertiary alicyclic amines) is 1. The molecule has 2 aliphatic heterocycles. The number of halogens is 1. The molecular formula is C49H59FN8O7S. The molecule has 0 radical (unpaired) electrons. The second-order valence-electron chi connectivity index (χ2n) is 19.7. The molecule has 66 heavy (non-hydrogen) atoms. The first-order valence-corrected chi connectivity index (χ1v) is 24.7. The Labute approximate surface area is 384 Å². The molecule has 4 aliphatic rings. The molecule has 4 fully saturated rings. The molecule has 1 spiro atoms. The maximum absolute atomic E-state index is 14.7. The van der Waals surface area contributed by atoms with Crippen molar-refractivity contribution in [3.05, 3.63) is 105 Å². The van der Waals surface area contributed by atoms with Crippen molar-refractivity contribution in [2.24, 2.45) is 11.3 Å². The van der Waals surface area contributed by atoms with E-state index in [0.29, 0.717) is 48.6 Å². The number of nitrogens with zero attached hydrogens (tertiary/aromatic N) is 5. The number of aromatic nitrogens is 3. The van der Waals surface area contributed by atoms with Crippen LogP contribution in [0.2, 0.25) is 0 Å². The van der Waals surface area contributed by atoms with Gasteiger partial charge in [-0.2, -0.15) is 0 Å². The summed E-state index contributed by atoms with van der Waals surface area (Å²) in [7, 11) is -4.69. The molecule has 0 bridgehead atoms. The summed E-state index contributed by atoms with van der Waals surface area (Å²) in [5.41, 5.74) is 3.27. The van der Waals surface area contributed by atoms with Crippen LogP contribution in [0.3, 0.4) is 0 Å². The van der Waals surface area contributed by atoms with E-state index in [-0.39, 0.29) is 39.6 Å². The normalized spacial score (nSPS) is 23.3. The molecule has 2 atom stereocenters. The van der Waals surface area contributed by atoms with Crippen LogP contribution in [0.1, 0.15) is 118 Å². The molecule has 2 saturated heterocycles. The summed E-state index contributed by atoms with van der Waals surface area (Å²) in [5, 5.41) is 25.6. The zero-order valence-corrected chi connectivity index (χ0v) is 38.8. The molecule has 1 amide bonds. The van der Waals surface area contributed by atoms with Gasteiger partial charge in [-0.15, -0.1) is 0 Å². The number of benzene rings is 2. The largest absolute Gasteiger partial charge is 0.455 e. The molecule has 5 aromatic rings. The summed E-state index contributed by atoms with van der Waals surface area (Å²) in [4.78, 5) is 41.2. The van der Waals surface area contributed by atoms with Crippen LogP contribution in [0, 0.1) is 34.2 Å². The van der Waals surface area contributed by atoms with E-state index in [0.717, 1.165) is 69.8 Å².